The predicted octanol–water partition coefficient (Wildman–Crippen LogP) is 3.87. The second-order valence-corrected chi connectivity index (χ2v) is 8.68. The van der Waals surface area contributed by atoms with E-state index in [1.807, 2.05) is 24.0 Å². The number of hydrogen-bond donors (Lipinski definition) is 0. The van der Waals surface area contributed by atoms with Gasteiger partial charge in [0.1, 0.15) is 23.0 Å². The van der Waals surface area contributed by atoms with Gasteiger partial charge in [-0.05, 0) is 31.2 Å². The minimum atomic E-state index is -1.29. The molecule has 1 aliphatic rings. The molecule has 0 N–H and O–H groups in total. The van der Waals surface area contributed by atoms with E-state index in [1.54, 1.807) is 31.2 Å². The first kappa shape index (κ1) is 24.6. The smallest absolute Gasteiger partial charge is 0.279 e. The fourth-order valence-corrected chi connectivity index (χ4v) is 4.25. The SMILES string of the molecule is CCN(c1ccc(Cl)cc1)c1nc2c(c(=O)n1N(C)C)CN(C(=O)c1c(F)cc(F)cc1F)CC2. The number of aromatic nitrogens is 2. The van der Waals surface area contributed by atoms with Crippen LogP contribution < -0.4 is 15.5 Å². The molecule has 184 valence electrons. The maximum Gasteiger partial charge on any atom is 0.279 e. The van der Waals surface area contributed by atoms with Crippen LogP contribution in [0, 0.1) is 17.5 Å². The fraction of sp³-hybridized carbons (Fsp3) is 0.292. The van der Waals surface area contributed by atoms with Crippen molar-refractivity contribution in [2.75, 3.05) is 37.1 Å². The Bertz CT molecular complexity index is 1320. The number of halogens is 4. The highest BCUT2D eigenvalue weighted by molar-refractivity contribution is 6.30. The summed E-state index contributed by atoms with van der Waals surface area (Å²) in [4.78, 5) is 34.2. The summed E-state index contributed by atoms with van der Waals surface area (Å²) in [5.74, 6) is -4.27. The Morgan fingerprint density at radius 1 is 1.11 bits per heavy atom. The molecular formula is C24H23ClF3N5O2. The molecule has 0 fully saturated rings. The first-order valence-electron chi connectivity index (χ1n) is 10.9. The summed E-state index contributed by atoms with van der Waals surface area (Å²) in [6.07, 6.45) is 0.209. The molecule has 1 aromatic heterocycles. The van der Waals surface area contributed by atoms with E-state index >= 15 is 0 Å². The number of benzene rings is 2. The molecule has 0 radical (unpaired) electrons. The second-order valence-electron chi connectivity index (χ2n) is 8.24. The van der Waals surface area contributed by atoms with Gasteiger partial charge in [-0.2, -0.15) is 4.68 Å². The molecule has 0 bridgehead atoms. The Balaban J connectivity index is 1.75. The van der Waals surface area contributed by atoms with Crippen molar-refractivity contribution in [1.82, 2.24) is 14.6 Å². The fourth-order valence-electron chi connectivity index (χ4n) is 4.13. The van der Waals surface area contributed by atoms with Crippen LogP contribution in [0.3, 0.4) is 0 Å². The maximum absolute atomic E-state index is 14.2. The highest BCUT2D eigenvalue weighted by atomic mass is 35.5. The molecular weight excluding hydrogens is 483 g/mol. The van der Waals surface area contributed by atoms with E-state index in [1.165, 1.54) is 9.58 Å². The van der Waals surface area contributed by atoms with E-state index in [4.69, 9.17) is 16.6 Å². The molecule has 0 saturated heterocycles. The number of carbonyl (C=O) groups is 1. The highest BCUT2D eigenvalue weighted by Gasteiger charge is 2.31. The minimum absolute atomic E-state index is 0.0903. The van der Waals surface area contributed by atoms with Crippen LogP contribution in [0.5, 0.6) is 0 Å². The molecule has 35 heavy (non-hydrogen) atoms. The highest BCUT2D eigenvalue weighted by Crippen LogP contribution is 2.27. The summed E-state index contributed by atoms with van der Waals surface area (Å²) < 4.78 is 43.1. The lowest BCUT2D eigenvalue weighted by molar-refractivity contribution is 0.0722. The second kappa shape index (κ2) is 9.61. The molecule has 0 unspecified atom stereocenters. The number of anilines is 2. The summed E-state index contributed by atoms with van der Waals surface area (Å²) in [6, 6.07) is 8.04. The van der Waals surface area contributed by atoms with Crippen LogP contribution in [0.25, 0.3) is 0 Å². The van der Waals surface area contributed by atoms with Gasteiger partial charge < -0.3 is 14.8 Å². The summed E-state index contributed by atoms with van der Waals surface area (Å²) >= 11 is 6.02. The van der Waals surface area contributed by atoms with Crippen molar-refractivity contribution in [3.05, 3.63) is 86.0 Å². The van der Waals surface area contributed by atoms with E-state index in [2.05, 4.69) is 0 Å². The molecule has 2 heterocycles. The average Bonchev–Trinajstić information content (AvgIpc) is 2.79. The van der Waals surface area contributed by atoms with Gasteiger partial charge in [0.2, 0.25) is 5.95 Å². The van der Waals surface area contributed by atoms with Crippen molar-refractivity contribution in [3.8, 4) is 0 Å². The summed E-state index contributed by atoms with van der Waals surface area (Å²) in [7, 11) is 3.37. The van der Waals surface area contributed by atoms with Crippen LogP contribution >= 0.6 is 11.6 Å². The van der Waals surface area contributed by atoms with Gasteiger partial charge >= 0.3 is 0 Å². The Morgan fingerprint density at radius 3 is 2.31 bits per heavy atom. The van der Waals surface area contributed by atoms with Crippen LogP contribution in [0.2, 0.25) is 5.02 Å². The number of carbonyl (C=O) groups excluding carboxylic acids is 1. The Kier molecular flexibility index (Phi) is 6.75. The van der Waals surface area contributed by atoms with E-state index in [9.17, 15) is 22.8 Å². The quantitative estimate of drug-likeness (QED) is 0.527. The lowest BCUT2D eigenvalue weighted by atomic mass is 10.0. The van der Waals surface area contributed by atoms with E-state index < -0.39 is 34.5 Å². The Hall–Kier alpha value is -3.53. The van der Waals surface area contributed by atoms with Gasteiger partial charge in [-0.25, -0.2) is 18.2 Å². The standard InChI is InChI=1S/C24H23ClF3N5O2/c1-4-32(16-7-5-14(25)6-8-16)24-29-20-9-10-31(13-17(20)22(34)33(24)30(2)3)23(35)21-18(27)11-15(26)12-19(21)28/h5-8,11-12H,4,9-10,13H2,1-3H3. The van der Waals surface area contributed by atoms with Crippen LogP contribution in [0.1, 0.15) is 28.5 Å². The summed E-state index contributed by atoms with van der Waals surface area (Å²) in [5.41, 5.74) is 0.276. The molecule has 3 aromatic rings. The van der Waals surface area contributed by atoms with Gasteiger partial charge in [-0.15, -0.1) is 0 Å². The van der Waals surface area contributed by atoms with Crippen molar-refractivity contribution in [1.29, 1.82) is 0 Å². The van der Waals surface area contributed by atoms with Crippen LogP contribution in [-0.4, -0.2) is 47.7 Å². The normalized spacial score (nSPS) is 12.9. The van der Waals surface area contributed by atoms with E-state index in [0.29, 0.717) is 35.3 Å². The molecule has 7 nitrogen and oxygen atoms in total. The number of hydrogen-bond acceptors (Lipinski definition) is 5. The van der Waals surface area contributed by atoms with E-state index in [0.717, 1.165) is 5.69 Å². The largest absolute Gasteiger partial charge is 0.333 e. The van der Waals surface area contributed by atoms with Gasteiger partial charge in [0.25, 0.3) is 11.5 Å². The molecule has 4 rings (SSSR count). The third kappa shape index (κ3) is 4.58. The average molecular weight is 506 g/mol. The lowest BCUT2D eigenvalue weighted by Gasteiger charge is -2.33. The first-order chi connectivity index (χ1) is 16.6. The molecule has 1 amide bonds. The summed E-state index contributed by atoms with van der Waals surface area (Å²) in [5, 5.41) is 2.15. The Morgan fingerprint density at radius 2 is 1.74 bits per heavy atom. The number of fused-ring (bicyclic) bond motifs is 1. The van der Waals surface area contributed by atoms with Crippen LogP contribution in [0.4, 0.5) is 24.8 Å². The minimum Gasteiger partial charge on any atom is -0.333 e. The molecule has 2 aromatic carbocycles. The first-order valence-corrected chi connectivity index (χ1v) is 11.3. The van der Waals surface area contributed by atoms with Crippen LogP contribution in [0.15, 0.2) is 41.2 Å². The van der Waals surface area contributed by atoms with Crippen molar-refractivity contribution in [3.63, 3.8) is 0 Å². The van der Waals surface area contributed by atoms with Gasteiger partial charge in [-0.3, -0.25) is 9.59 Å². The maximum atomic E-state index is 14.2. The third-order valence-electron chi connectivity index (χ3n) is 5.79. The summed E-state index contributed by atoms with van der Waals surface area (Å²) in [6.45, 7) is 2.34. The van der Waals surface area contributed by atoms with Crippen molar-refractivity contribution in [2.24, 2.45) is 0 Å². The molecule has 0 atom stereocenters. The third-order valence-corrected chi connectivity index (χ3v) is 6.05. The number of amides is 1. The van der Waals surface area contributed by atoms with Gasteiger partial charge in [0, 0.05) is 56.4 Å². The van der Waals surface area contributed by atoms with Gasteiger partial charge in [0.05, 0.1) is 17.8 Å². The zero-order valence-corrected chi connectivity index (χ0v) is 20.1. The van der Waals surface area contributed by atoms with Gasteiger partial charge in [-0.1, -0.05) is 11.6 Å². The molecule has 0 saturated carbocycles. The predicted molar refractivity (Wildman–Crippen MR) is 127 cm³/mol. The number of rotatable bonds is 5. The zero-order chi connectivity index (χ0) is 25.4. The lowest BCUT2D eigenvalue weighted by Crippen LogP contribution is -2.46. The monoisotopic (exact) mass is 505 g/mol. The molecule has 0 spiro atoms. The van der Waals surface area contributed by atoms with Gasteiger partial charge in [0.15, 0.2) is 0 Å². The van der Waals surface area contributed by atoms with Crippen molar-refractivity contribution in [2.45, 2.75) is 19.9 Å². The molecule has 1 aliphatic heterocycles. The number of nitrogens with zero attached hydrogens (tertiary/aromatic N) is 5. The van der Waals surface area contributed by atoms with Crippen molar-refractivity contribution < 1.29 is 18.0 Å². The van der Waals surface area contributed by atoms with E-state index in [-0.39, 0.29) is 25.1 Å². The topological polar surface area (TPSA) is 61.7 Å². The Labute approximate surface area is 204 Å². The molecule has 11 heteroatoms. The van der Waals surface area contributed by atoms with Crippen LogP contribution in [-0.2, 0) is 13.0 Å². The molecule has 0 aliphatic carbocycles. The zero-order valence-electron chi connectivity index (χ0n) is 19.4. The van der Waals surface area contributed by atoms with Crippen molar-refractivity contribution >= 4 is 29.1 Å².